The second-order valence-electron chi connectivity index (χ2n) is 9.27. The molecular weight excluding hydrogens is 466 g/mol. The van der Waals surface area contributed by atoms with Gasteiger partial charge in [0.1, 0.15) is 11.4 Å². The second-order valence-corrected chi connectivity index (χ2v) is 9.27. The smallest absolute Gasteiger partial charge is 0.272 e. The largest absolute Gasteiger partial charge is 0.335 e. The first-order chi connectivity index (χ1) is 18.1. The quantitative estimate of drug-likeness (QED) is 0.341. The summed E-state index contributed by atoms with van der Waals surface area (Å²) in [5, 5.41) is 20.7. The number of hydrogen-bond acceptors (Lipinski definition) is 7. The van der Waals surface area contributed by atoms with Crippen LogP contribution in [0.5, 0.6) is 0 Å². The Morgan fingerprint density at radius 1 is 1.19 bits per heavy atom. The SMILES string of the molecule is CCNCc1cncc(-c2ccc3[nH]nc(-c4ncc(C(=O)N5CCN(CCC#N)CC5)[nH]4)c3c2)c1C. The van der Waals surface area contributed by atoms with Gasteiger partial charge in [-0.25, -0.2) is 4.98 Å². The summed E-state index contributed by atoms with van der Waals surface area (Å²) >= 11 is 0. The molecule has 37 heavy (non-hydrogen) atoms. The summed E-state index contributed by atoms with van der Waals surface area (Å²) in [5.74, 6) is 0.480. The lowest BCUT2D eigenvalue weighted by molar-refractivity contribution is 0.0634. The van der Waals surface area contributed by atoms with E-state index in [0.29, 0.717) is 36.7 Å². The Balaban J connectivity index is 1.37. The molecule has 1 saturated heterocycles. The molecule has 10 nitrogen and oxygen atoms in total. The molecule has 10 heteroatoms. The number of piperazine rings is 1. The van der Waals surface area contributed by atoms with Crippen LogP contribution in [-0.4, -0.2) is 80.1 Å². The van der Waals surface area contributed by atoms with E-state index in [0.717, 1.165) is 54.8 Å². The maximum Gasteiger partial charge on any atom is 0.272 e. The first kappa shape index (κ1) is 24.6. The van der Waals surface area contributed by atoms with Gasteiger partial charge >= 0.3 is 0 Å². The predicted molar refractivity (Wildman–Crippen MR) is 142 cm³/mol. The van der Waals surface area contributed by atoms with Crippen molar-refractivity contribution in [1.29, 1.82) is 5.26 Å². The fourth-order valence-corrected chi connectivity index (χ4v) is 4.76. The van der Waals surface area contributed by atoms with E-state index >= 15 is 0 Å². The van der Waals surface area contributed by atoms with Gasteiger partial charge in [0, 0.05) is 69.0 Å². The lowest BCUT2D eigenvalue weighted by atomic mass is 9.98. The monoisotopic (exact) mass is 497 g/mol. The number of pyridine rings is 1. The van der Waals surface area contributed by atoms with Gasteiger partial charge in [-0.2, -0.15) is 10.4 Å². The van der Waals surface area contributed by atoms with Crippen LogP contribution in [0.4, 0.5) is 0 Å². The lowest BCUT2D eigenvalue weighted by Gasteiger charge is -2.34. The molecule has 5 rings (SSSR count). The molecule has 3 N–H and O–H groups in total. The number of nitrogens with one attached hydrogen (secondary N) is 3. The molecular formula is C27H31N9O. The Morgan fingerprint density at radius 3 is 2.81 bits per heavy atom. The van der Waals surface area contributed by atoms with E-state index in [4.69, 9.17) is 5.26 Å². The van der Waals surface area contributed by atoms with Gasteiger partial charge < -0.3 is 15.2 Å². The van der Waals surface area contributed by atoms with Crippen LogP contribution in [-0.2, 0) is 6.54 Å². The van der Waals surface area contributed by atoms with Gasteiger partial charge in [-0.3, -0.25) is 19.8 Å². The predicted octanol–water partition coefficient (Wildman–Crippen LogP) is 3.10. The van der Waals surface area contributed by atoms with Gasteiger partial charge in [-0.15, -0.1) is 0 Å². The topological polar surface area (TPSA) is 130 Å². The summed E-state index contributed by atoms with van der Waals surface area (Å²) in [6, 6.07) is 8.36. The number of nitrogens with zero attached hydrogens (tertiary/aromatic N) is 6. The molecule has 3 aromatic heterocycles. The van der Waals surface area contributed by atoms with Crippen molar-refractivity contribution in [1.82, 2.24) is 40.3 Å². The van der Waals surface area contributed by atoms with Gasteiger partial charge in [-0.05, 0) is 42.3 Å². The number of carbonyl (C=O) groups excluding carboxylic acids is 1. The molecule has 1 aromatic carbocycles. The number of benzene rings is 1. The van der Waals surface area contributed by atoms with Gasteiger partial charge in [0.2, 0.25) is 0 Å². The van der Waals surface area contributed by atoms with Gasteiger partial charge in [-0.1, -0.05) is 13.0 Å². The van der Waals surface area contributed by atoms with Crippen LogP contribution in [0, 0.1) is 18.3 Å². The summed E-state index contributed by atoms with van der Waals surface area (Å²) in [4.78, 5) is 29.3. The Morgan fingerprint density at radius 2 is 2.03 bits per heavy atom. The van der Waals surface area contributed by atoms with Crippen molar-refractivity contribution in [3.63, 3.8) is 0 Å². The number of nitriles is 1. The number of fused-ring (bicyclic) bond motifs is 1. The van der Waals surface area contributed by atoms with Crippen molar-refractivity contribution in [2.75, 3.05) is 39.3 Å². The number of imidazole rings is 1. The number of rotatable bonds is 8. The van der Waals surface area contributed by atoms with E-state index in [2.05, 4.69) is 67.4 Å². The van der Waals surface area contributed by atoms with Crippen LogP contribution in [0.25, 0.3) is 33.5 Å². The Labute approximate surface area is 215 Å². The second kappa shape index (κ2) is 10.9. The van der Waals surface area contributed by atoms with Crippen LogP contribution in [0.3, 0.4) is 0 Å². The number of hydrogen-bond donors (Lipinski definition) is 3. The summed E-state index contributed by atoms with van der Waals surface area (Å²) in [6.45, 7) is 9.44. The molecule has 0 saturated carbocycles. The van der Waals surface area contributed by atoms with Gasteiger partial charge in [0.05, 0.1) is 17.8 Å². The average molecular weight is 498 g/mol. The van der Waals surface area contributed by atoms with E-state index < -0.39 is 0 Å². The zero-order valence-corrected chi connectivity index (χ0v) is 21.2. The molecule has 1 amide bonds. The molecule has 1 aliphatic rings. The first-order valence-corrected chi connectivity index (χ1v) is 12.7. The Hall–Kier alpha value is -4.07. The summed E-state index contributed by atoms with van der Waals surface area (Å²) < 4.78 is 0. The number of amides is 1. The molecule has 4 heterocycles. The molecule has 0 bridgehead atoms. The van der Waals surface area contributed by atoms with Crippen LogP contribution < -0.4 is 5.32 Å². The fourth-order valence-electron chi connectivity index (χ4n) is 4.76. The highest BCUT2D eigenvalue weighted by Crippen LogP contribution is 2.31. The van der Waals surface area contributed by atoms with Gasteiger partial charge in [0.15, 0.2) is 5.82 Å². The molecule has 0 aliphatic carbocycles. The standard InChI is InChI=1S/C27H31N9O/c1-3-29-14-20-15-30-16-22(18(20)2)19-5-6-23-21(13-19)25(34-33-23)26-31-17-24(32-26)27(37)36-11-9-35(10-12-36)8-4-7-28/h5-6,13,15-17,29H,3-4,8-12,14H2,1-2H3,(H,31,32)(H,33,34). The number of aromatic nitrogens is 5. The van der Waals surface area contributed by atoms with Crippen LogP contribution in [0.2, 0.25) is 0 Å². The highest BCUT2D eigenvalue weighted by atomic mass is 16.2. The minimum absolute atomic E-state index is 0.0709. The van der Waals surface area contributed by atoms with E-state index in [-0.39, 0.29) is 5.91 Å². The lowest BCUT2D eigenvalue weighted by Crippen LogP contribution is -2.48. The number of aromatic amines is 2. The van der Waals surface area contributed by atoms with Crippen molar-refractivity contribution in [2.45, 2.75) is 26.8 Å². The van der Waals surface area contributed by atoms with Gasteiger partial charge in [0.25, 0.3) is 5.91 Å². The highest BCUT2D eigenvalue weighted by Gasteiger charge is 2.24. The third kappa shape index (κ3) is 5.09. The van der Waals surface area contributed by atoms with Crippen molar-refractivity contribution in [3.8, 4) is 28.7 Å². The maximum atomic E-state index is 13.1. The zero-order valence-electron chi connectivity index (χ0n) is 21.2. The molecule has 1 aliphatic heterocycles. The Bertz CT molecular complexity index is 1440. The van der Waals surface area contributed by atoms with Crippen molar-refractivity contribution in [2.24, 2.45) is 0 Å². The number of H-pyrrole nitrogens is 2. The zero-order chi connectivity index (χ0) is 25.8. The minimum Gasteiger partial charge on any atom is -0.335 e. The summed E-state index contributed by atoms with van der Waals surface area (Å²) in [5.41, 5.74) is 6.51. The molecule has 1 fully saturated rings. The van der Waals surface area contributed by atoms with Crippen LogP contribution >= 0.6 is 0 Å². The minimum atomic E-state index is -0.0709. The van der Waals surface area contributed by atoms with Crippen LogP contribution in [0.15, 0.2) is 36.8 Å². The number of carbonyl (C=O) groups is 1. The van der Waals surface area contributed by atoms with E-state index in [1.807, 2.05) is 23.4 Å². The molecule has 4 aromatic rings. The first-order valence-electron chi connectivity index (χ1n) is 12.7. The fraction of sp³-hybridized carbons (Fsp3) is 0.370. The van der Waals surface area contributed by atoms with Crippen molar-refractivity contribution in [3.05, 3.63) is 53.6 Å². The third-order valence-electron chi connectivity index (χ3n) is 6.99. The molecule has 190 valence electrons. The van der Waals surface area contributed by atoms with Crippen molar-refractivity contribution < 1.29 is 4.79 Å². The molecule has 0 radical (unpaired) electrons. The average Bonchev–Trinajstić information content (AvgIpc) is 3.58. The third-order valence-corrected chi connectivity index (χ3v) is 6.99. The molecule has 0 spiro atoms. The highest BCUT2D eigenvalue weighted by molar-refractivity contribution is 5.96. The van der Waals surface area contributed by atoms with E-state index in [1.165, 1.54) is 11.1 Å². The van der Waals surface area contributed by atoms with E-state index in [9.17, 15) is 4.79 Å². The van der Waals surface area contributed by atoms with E-state index in [1.54, 1.807) is 6.20 Å². The van der Waals surface area contributed by atoms with Crippen LogP contribution in [0.1, 0.15) is 35.0 Å². The molecule has 0 atom stereocenters. The summed E-state index contributed by atoms with van der Waals surface area (Å²) in [7, 11) is 0. The maximum absolute atomic E-state index is 13.1. The Kier molecular flexibility index (Phi) is 7.25. The molecule has 0 unspecified atom stereocenters. The van der Waals surface area contributed by atoms with Crippen molar-refractivity contribution >= 4 is 16.8 Å². The summed E-state index contributed by atoms with van der Waals surface area (Å²) in [6.07, 6.45) is 5.91. The normalized spacial score (nSPS) is 14.2.